The van der Waals surface area contributed by atoms with Crippen molar-refractivity contribution in [2.24, 2.45) is 0 Å². The van der Waals surface area contributed by atoms with Gasteiger partial charge in [-0.05, 0) is 42.7 Å². The first kappa shape index (κ1) is 12.2. The third-order valence-corrected chi connectivity index (χ3v) is 3.39. The van der Waals surface area contributed by atoms with E-state index < -0.39 is 0 Å². The van der Waals surface area contributed by atoms with Gasteiger partial charge in [-0.25, -0.2) is 0 Å². The van der Waals surface area contributed by atoms with Gasteiger partial charge in [0, 0.05) is 16.7 Å². The summed E-state index contributed by atoms with van der Waals surface area (Å²) in [7, 11) is 0. The Balaban J connectivity index is 2.10. The van der Waals surface area contributed by atoms with Crippen LogP contribution in [0.1, 0.15) is 16.7 Å². The van der Waals surface area contributed by atoms with Crippen molar-refractivity contribution in [3.05, 3.63) is 63.6 Å². The second-order valence-electron chi connectivity index (χ2n) is 4.25. The lowest BCUT2D eigenvalue weighted by atomic mass is 10.1. The summed E-state index contributed by atoms with van der Waals surface area (Å²) in [6.45, 7) is 5.13. The van der Waals surface area contributed by atoms with Crippen LogP contribution in [0.2, 0.25) is 0 Å². The molecule has 1 nitrogen and oxygen atoms in total. The van der Waals surface area contributed by atoms with E-state index >= 15 is 0 Å². The van der Waals surface area contributed by atoms with Gasteiger partial charge >= 0.3 is 0 Å². The zero-order valence-corrected chi connectivity index (χ0v) is 11.7. The number of halogens is 1. The first-order chi connectivity index (χ1) is 8.16. The lowest BCUT2D eigenvalue weighted by molar-refractivity contribution is 1.13. The maximum absolute atomic E-state index is 3.50. The third kappa shape index (κ3) is 3.10. The lowest BCUT2D eigenvalue weighted by Gasteiger charge is -2.12. The summed E-state index contributed by atoms with van der Waals surface area (Å²) in [6, 6.07) is 14.8. The van der Waals surface area contributed by atoms with E-state index in [9.17, 15) is 0 Å². The third-order valence-electron chi connectivity index (χ3n) is 2.86. The first-order valence-electron chi connectivity index (χ1n) is 5.71. The number of nitrogens with one attached hydrogen (secondary N) is 1. The van der Waals surface area contributed by atoms with Crippen molar-refractivity contribution in [2.45, 2.75) is 20.4 Å². The minimum absolute atomic E-state index is 0.860. The Morgan fingerprint density at radius 3 is 2.12 bits per heavy atom. The summed E-state index contributed by atoms with van der Waals surface area (Å²) in [5.74, 6) is 0. The van der Waals surface area contributed by atoms with Crippen molar-refractivity contribution in [3.8, 4) is 0 Å². The number of para-hydroxylation sites is 1. The fraction of sp³-hybridized carbons (Fsp3) is 0.200. The van der Waals surface area contributed by atoms with Crippen LogP contribution in [0.4, 0.5) is 5.69 Å². The number of aryl methyl sites for hydroxylation is 2. The van der Waals surface area contributed by atoms with Crippen molar-refractivity contribution < 1.29 is 0 Å². The van der Waals surface area contributed by atoms with Crippen molar-refractivity contribution in [1.29, 1.82) is 0 Å². The van der Waals surface area contributed by atoms with E-state index in [2.05, 4.69) is 77.6 Å². The largest absolute Gasteiger partial charge is 0.381 e. The van der Waals surface area contributed by atoms with Crippen LogP contribution in [0.3, 0.4) is 0 Å². The van der Waals surface area contributed by atoms with Crippen molar-refractivity contribution in [1.82, 2.24) is 0 Å². The molecule has 0 aromatic heterocycles. The number of benzene rings is 2. The van der Waals surface area contributed by atoms with Crippen LogP contribution in [0.15, 0.2) is 46.9 Å². The molecule has 0 saturated carbocycles. The molecule has 2 aromatic rings. The molecule has 0 spiro atoms. The number of hydrogen-bond donors (Lipinski definition) is 1. The average molecular weight is 290 g/mol. The van der Waals surface area contributed by atoms with E-state index in [0.717, 1.165) is 11.0 Å². The standard InChI is InChI=1S/C15H16BrN/c1-11-4-3-5-12(2)15(11)17-10-13-6-8-14(16)9-7-13/h3-9,17H,10H2,1-2H3. The van der Waals surface area contributed by atoms with Crippen LogP contribution < -0.4 is 5.32 Å². The second-order valence-corrected chi connectivity index (χ2v) is 5.16. The van der Waals surface area contributed by atoms with Crippen LogP contribution in [0.5, 0.6) is 0 Å². The minimum Gasteiger partial charge on any atom is -0.381 e. The summed E-state index contributed by atoms with van der Waals surface area (Å²) in [5.41, 5.74) is 5.12. The van der Waals surface area contributed by atoms with Crippen molar-refractivity contribution in [2.75, 3.05) is 5.32 Å². The normalized spacial score (nSPS) is 10.3. The van der Waals surface area contributed by atoms with E-state index in [-0.39, 0.29) is 0 Å². The fourth-order valence-electron chi connectivity index (χ4n) is 1.89. The molecule has 0 aliphatic carbocycles. The number of hydrogen-bond acceptors (Lipinski definition) is 1. The molecule has 0 radical (unpaired) electrons. The molecule has 0 amide bonds. The Kier molecular flexibility index (Phi) is 3.85. The van der Waals surface area contributed by atoms with Crippen molar-refractivity contribution in [3.63, 3.8) is 0 Å². The SMILES string of the molecule is Cc1cccc(C)c1NCc1ccc(Br)cc1. The molecule has 0 atom stereocenters. The highest BCUT2D eigenvalue weighted by Crippen LogP contribution is 2.20. The quantitative estimate of drug-likeness (QED) is 0.865. The maximum Gasteiger partial charge on any atom is 0.0402 e. The number of rotatable bonds is 3. The first-order valence-corrected chi connectivity index (χ1v) is 6.50. The topological polar surface area (TPSA) is 12.0 Å². The van der Waals surface area contributed by atoms with Gasteiger partial charge in [0.25, 0.3) is 0 Å². The van der Waals surface area contributed by atoms with Gasteiger partial charge in [0.1, 0.15) is 0 Å². The molecule has 0 saturated heterocycles. The predicted octanol–water partition coefficient (Wildman–Crippen LogP) is 4.68. The minimum atomic E-state index is 0.860. The Bertz CT molecular complexity index is 483. The van der Waals surface area contributed by atoms with Gasteiger partial charge in [0.15, 0.2) is 0 Å². The highest BCUT2D eigenvalue weighted by Gasteiger charge is 2.01. The van der Waals surface area contributed by atoms with Crippen LogP contribution in [0, 0.1) is 13.8 Å². The van der Waals surface area contributed by atoms with Crippen LogP contribution in [0.25, 0.3) is 0 Å². The summed E-state index contributed by atoms with van der Waals surface area (Å²) in [4.78, 5) is 0. The van der Waals surface area contributed by atoms with Gasteiger partial charge in [-0.2, -0.15) is 0 Å². The second kappa shape index (κ2) is 5.37. The molecule has 0 fully saturated rings. The van der Waals surface area contributed by atoms with Crippen LogP contribution in [-0.2, 0) is 6.54 Å². The Morgan fingerprint density at radius 1 is 0.941 bits per heavy atom. The number of anilines is 1. The van der Waals surface area contributed by atoms with Gasteiger partial charge in [0.05, 0.1) is 0 Å². The average Bonchev–Trinajstić information content (AvgIpc) is 2.31. The van der Waals surface area contributed by atoms with E-state index in [1.54, 1.807) is 0 Å². The smallest absolute Gasteiger partial charge is 0.0402 e. The van der Waals surface area contributed by atoms with E-state index in [0.29, 0.717) is 0 Å². The van der Waals surface area contributed by atoms with Crippen LogP contribution >= 0.6 is 15.9 Å². The van der Waals surface area contributed by atoms with Gasteiger partial charge in [-0.1, -0.05) is 46.3 Å². The monoisotopic (exact) mass is 289 g/mol. The summed E-state index contributed by atoms with van der Waals surface area (Å²) in [5, 5.41) is 3.50. The Morgan fingerprint density at radius 2 is 1.53 bits per heavy atom. The molecule has 2 heteroatoms. The van der Waals surface area contributed by atoms with Gasteiger partial charge < -0.3 is 5.32 Å². The predicted molar refractivity (Wildman–Crippen MR) is 77.4 cm³/mol. The van der Waals surface area contributed by atoms with Gasteiger partial charge in [0.2, 0.25) is 0 Å². The summed E-state index contributed by atoms with van der Waals surface area (Å²) >= 11 is 3.44. The molecule has 0 bridgehead atoms. The molecule has 88 valence electrons. The molecule has 0 unspecified atom stereocenters. The lowest BCUT2D eigenvalue weighted by Crippen LogP contribution is -2.02. The van der Waals surface area contributed by atoms with E-state index in [4.69, 9.17) is 0 Å². The van der Waals surface area contributed by atoms with Gasteiger partial charge in [-0.3, -0.25) is 0 Å². The zero-order chi connectivity index (χ0) is 12.3. The fourth-order valence-corrected chi connectivity index (χ4v) is 2.15. The molecule has 2 aromatic carbocycles. The Labute approximate surface area is 111 Å². The Hall–Kier alpha value is -1.28. The highest BCUT2D eigenvalue weighted by molar-refractivity contribution is 9.10. The van der Waals surface area contributed by atoms with Crippen LogP contribution in [-0.4, -0.2) is 0 Å². The van der Waals surface area contributed by atoms with Gasteiger partial charge in [-0.15, -0.1) is 0 Å². The summed E-state index contributed by atoms with van der Waals surface area (Å²) < 4.78 is 1.12. The molecule has 1 N–H and O–H groups in total. The molecular weight excluding hydrogens is 274 g/mol. The van der Waals surface area contributed by atoms with E-state index in [1.165, 1.54) is 22.4 Å². The highest BCUT2D eigenvalue weighted by atomic mass is 79.9. The molecular formula is C15H16BrN. The molecule has 0 aliphatic rings. The molecule has 17 heavy (non-hydrogen) atoms. The van der Waals surface area contributed by atoms with Crippen molar-refractivity contribution >= 4 is 21.6 Å². The molecule has 0 aliphatic heterocycles. The molecule has 0 heterocycles. The maximum atomic E-state index is 3.50. The molecule has 2 rings (SSSR count). The zero-order valence-electron chi connectivity index (χ0n) is 10.1. The summed E-state index contributed by atoms with van der Waals surface area (Å²) in [6.07, 6.45) is 0. The van der Waals surface area contributed by atoms with E-state index in [1.807, 2.05) is 0 Å².